The van der Waals surface area contributed by atoms with Gasteiger partial charge in [-0.25, -0.2) is 9.59 Å². The Hall–Kier alpha value is -3.59. The molecular formula is C19H20N2O7. The first-order chi connectivity index (χ1) is 13.3. The van der Waals surface area contributed by atoms with Crippen molar-refractivity contribution in [2.75, 3.05) is 25.7 Å². The van der Waals surface area contributed by atoms with Crippen LogP contribution in [-0.4, -0.2) is 53.3 Å². The van der Waals surface area contributed by atoms with Crippen molar-refractivity contribution in [3.63, 3.8) is 0 Å². The molecular weight excluding hydrogens is 368 g/mol. The molecule has 0 unspecified atom stereocenters. The highest BCUT2D eigenvalue weighted by Crippen LogP contribution is 2.34. The summed E-state index contributed by atoms with van der Waals surface area (Å²) < 4.78 is 10.5. The van der Waals surface area contributed by atoms with Crippen LogP contribution < -0.4 is 14.8 Å². The maximum atomic E-state index is 12.1. The van der Waals surface area contributed by atoms with Crippen molar-refractivity contribution in [1.29, 1.82) is 0 Å². The summed E-state index contributed by atoms with van der Waals surface area (Å²) in [5.74, 6) is -2.34. The molecule has 2 aromatic carbocycles. The number of rotatable bonds is 5. The Kier molecular flexibility index (Phi) is 7.35. The minimum Gasteiger partial charge on any atom is -0.473 e. The van der Waals surface area contributed by atoms with Crippen LogP contribution in [0.1, 0.15) is 5.56 Å². The SMILES string of the molecule is CN(CC(=O)Nc1ccc2c(c1)OCO2)Cc1ccccc1.O=C(O)C(=O)O. The number of carboxylic acids is 2. The lowest BCUT2D eigenvalue weighted by Gasteiger charge is -2.16. The number of aliphatic carboxylic acids is 2. The maximum absolute atomic E-state index is 12.1. The Labute approximate surface area is 161 Å². The summed E-state index contributed by atoms with van der Waals surface area (Å²) in [6.45, 7) is 1.28. The van der Waals surface area contributed by atoms with Crippen molar-refractivity contribution in [2.24, 2.45) is 0 Å². The predicted molar refractivity (Wildman–Crippen MR) is 99.2 cm³/mol. The van der Waals surface area contributed by atoms with Gasteiger partial charge in [0.2, 0.25) is 12.7 Å². The first-order valence-corrected chi connectivity index (χ1v) is 8.23. The molecule has 0 spiro atoms. The monoisotopic (exact) mass is 388 g/mol. The average Bonchev–Trinajstić information content (AvgIpc) is 3.10. The van der Waals surface area contributed by atoms with Gasteiger partial charge < -0.3 is 25.0 Å². The molecule has 28 heavy (non-hydrogen) atoms. The number of likely N-dealkylation sites (N-methyl/N-ethyl adjacent to an activating group) is 1. The van der Waals surface area contributed by atoms with Crippen molar-refractivity contribution < 1.29 is 34.1 Å². The fourth-order valence-electron chi connectivity index (χ4n) is 2.37. The van der Waals surface area contributed by atoms with E-state index >= 15 is 0 Å². The molecule has 1 amide bonds. The maximum Gasteiger partial charge on any atom is 0.414 e. The summed E-state index contributed by atoms with van der Waals surface area (Å²) in [6.07, 6.45) is 0. The van der Waals surface area contributed by atoms with Crippen LogP contribution in [0.2, 0.25) is 0 Å². The van der Waals surface area contributed by atoms with Crippen molar-refractivity contribution in [1.82, 2.24) is 4.90 Å². The molecule has 148 valence electrons. The zero-order valence-corrected chi connectivity index (χ0v) is 15.1. The number of hydrogen-bond donors (Lipinski definition) is 3. The van der Waals surface area contributed by atoms with Gasteiger partial charge in [-0.2, -0.15) is 0 Å². The number of benzene rings is 2. The van der Waals surface area contributed by atoms with E-state index in [9.17, 15) is 4.79 Å². The van der Waals surface area contributed by atoms with Gasteiger partial charge in [-0.1, -0.05) is 30.3 Å². The molecule has 0 aromatic heterocycles. The normalized spacial score (nSPS) is 11.4. The van der Waals surface area contributed by atoms with E-state index in [2.05, 4.69) is 5.32 Å². The van der Waals surface area contributed by atoms with E-state index in [0.717, 1.165) is 6.54 Å². The van der Waals surface area contributed by atoms with Crippen LogP contribution >= 0.6 is 0 Å². The predicted octanol–water partition coefficient (Wildman–Crippen LogP) is 1.64. The summed E-state index contributed by atoms with van der Waals surface area (Å²) in [6, 6.07) is 15.5. The van der Waals surface area contributed by atoms with Crippen LogP contribution in [0.3, 0.4) is 0 Å². The van der Waals surface area contributed by atoms with Gasteiger partial charge in [0, 0.05) is 18.3 Å². The van der Waals surface area contributed by atoms with Gasteiger partial charge in [0.1, 0.15) is 0 Å². The molecule has 3 rings (SSSR count). The first kappa shape index (κ1) is 20.7. The zero-order chi connectivity index (χ0) is 20.5. The molecule has 1 heterocycles. The van der Waals surface area contributed by atoms with Crippen molar-refractivity contribution >= 4 is 23.5 Å². The number of amides is 1. The lowest BCUT2D eigenvalue weighted by molar-refractivity contribution is -0.159. The van der Waals surface area contributed by atoms with Gasteiger partial charge in [-0.15, -0.1) is 0 Å². The Morgan fingerprint density at radius 2 is 1.64 bits per heavy atom. The highest BCUT2D eigenvalue weighted by atomic mass is 16.7. The molecule has 0 saturated carbocycles. The summed E-state index contributed by atoms with van der Waals surface area (Å²) in [5, 5.41) is 17.7. The van der Waals surface area contributed by atoms with Crippen LogP contribution in [0.15, 0.2) is 48.5 Å². The first-order valence-electron chi connectivity index (χ1n) is 8.23. The third kappa shape index (κ3) is 6.61. The molecule has 9 heteroatoms. The molecule has 0 radical (unpaired) electrons. The van der Waals surface area contributed by atoms with E-state index in [1.54, 1.807) is 12.1 Å². The van der Waals surface area contributed by atoms with Crippen molar-refractivity contribution in [3.05, 3.63) is 54.1 Å². The second-order valence-electron chi connectivity index (χ2n) is 5.88. The van der Waals surface area contributed by atoms with E-state index in [4.69, 9.17) is 29.3 Å². The van der Waals surface area contributed by atoms with Crippen LogP contribution in [0.4, 0.5) is 5.69 Å². The highest BCUT2D eigenvalue weighted by Gasteiger charge is 2.14. The largest absolute Gasteiger partial charge is 0.473 e. The molecule has 9 nitrogen and oxygen atoms in total. The van der Waals surface area contributed by atoms with E-state index in [1.807, 2.05) is 48.3 Å². The zero-order valence-electron chi connectivity index (χ0n) is 15.1. The quantitative estimate of drug-likeness (QED) is 0.660. The minimum absolute atomic E-state index is 0.0581. The molecule has 0 atom stereocenters. The summed E-state index contributed by atoms with van der Waals surface area (Å²) in [7, 11) is 1.92. The number of carboxylic acid groups (broad SMARTS) is 2. The van der Waals surface area contributed by atoms with Gasteiger partial charge in [-0.3, -0.25) is 9.69 Å². The highest BCUT2D eigenvalue weighted by molar-refractivity contribution is 6.27. The average molecular weight is 388 g/mol. The molecule has 0 saturated heterocycles. The molecule has 3 N–H and O–H groups in total. The number of carbonyl (C=O) groups excluding carboxylic acids is 1. The smallest absolute Gasteiger partial charge is 0.414 e. The molecule has 2 aromatic rings. The van der Waals surface area contributed by atoms with Gasteiger partial charge in [-0.05, 0) is 24.7 Å². The van der Waals surface area contributed by atoms with E-state index in [0.29, 0.717) is 23.7 Å². The van der Waals surface area contributed by atoms with Crippen LogP contribution in [-0.2, 0) is 20.9 Å². The van der Waals surface area contributed by atoms with Crippen LogP contribution in [0.25, 0.3) is 0 Å². The third-order valence-electron chi connectivity index (χ3n) is 3.55. The number of hydrogen-bond acceptors (Lipinski definition) is 6. The minimum atomic E-state index is -1.82. The van der Waals surface area contributed by atoms with Crippen LogP contribution in [0.5, 0.6) is 11.5 Å². The molecule has 0 aliphatic carbocycles. The Bertz CT molecular complexity index is 827. The lowest BCUT2D eigenvalue weighted by atomic mass is 10.2. The van der Waals surface area contributed by atoms with Gasteiger partial charge in [0.05, 0.1) is 6.54 Å². The Morgan fingerprint density at radius 3 is 2.29 bits per heavy atom. The van der Waals surface area contributed by atoms with Gasteiger partial charge in [0.25, 0.3) is 0 Å². The summed E-state index contributed by atoms with van der Waals surface area (Å²) in [5.41, 5.74) is 1.89. The molecule has 1 aliphatic rings. The third-order valence-corrected chi connectivity index (χ3v) is 3.55. The number of fused-ring (bicyclic) bond motifs is 1. The standard InChI is InChI=1S/C17H18N2O3.C2H2O4/c1-19(10-13-5-3-2-4-6-13)11-17(20)18-14-7-8-15-16(9-14)22-12-21-15;3-1(4)2(5)6/h2-9H,10-12H2,1H3,(H,18,20);(H,3,4)(H,5,6). The van der Waals surface area contributed by atoms with Gasteiger partial charge >= 0.3 is 11.9 Å². The lowest BCUT2D eigenvalue weighted by Crippen LogP contribution is -2.29. The number of carbonyl (C=O) groups is 3. The Morgan fingerprint density at radius 1 is 1.00 bits per heavy atom. The van der Waals surface area contributed by atoms with E-state index < -0.39 is 11.9 Å². The number of nitrogens with zero attached hydrogens (tertiary/aromatic N) is 1. The van der Waals surface area contributed by atoms with Crippen LogP contribution in [0, 0.1) is 0 Å². The van der Waals surface area contributed by atoms with Crippen molar-refractivity contribution in [3.8, 4) is 11.5 Å². The number of nitrogens with one attached hydrogen (secondary N) is 1. The summed E-state index contributed by atoms with van der Waals surface area (Å²) >= 11 is 0. The topological polar surface area (TPSA) is 125 Å². The fraction of sp³-hybridized carbons (Fsp3) is 0.211. The van der Waals surface area contributed by atoms with Crippen molar-refractivity contribution in [2.45, 2.75) is 6.54 Å². The molecule has 0 bridgehead atoms. The van der Waals surface area contributed by atoms with Gasteiger partial charge in [0.15, 0.2) is 11.5 Å². The second kappa shape index (κ2) is 9.93. The molecule has 0 fully saturated rings. The Balaban J connectivity index is 0.000000409. The van der Waals surface area contributed by atoms with E-state index in [1.165, 1.54) is 5.56 Å². The summed E-state index contributed by atoms with van der Waals surface area (Å²) in [4.78, 5) is 32.3. The number of anilines is 1. The second-order valence-corrected chi connectivity index (χ2v) is 5.88. The molecule has 1 aliphatic heterocycles. The number of ether oxygens (including phenoxy) is 2. The van der Waals surface area contributed by atoms with E-state index in [-0.39, 0.29) is 12.7 Å². The fourth-order valence-corrected chi connectivity index (χ4v) is 2.37.